The molecule has 2 saturated carbocycles. The van der Waals surface area contributed by atoms with E-state index in [1.165, 1.54) is 0 Å². The van der Waals surface area contributed by atoms with Crippen LogP contribution in [-0.2, 0) is 14.4 Å². The second-order valence-electron chi connectivity index (χ2n) is 4.13. The van der Waals surface area contributed by atoms with Crippen molar-refractivity contribution in [2.45, 2.75) is 25.7 Å². The Bertz CT molecular complexity index is 274. The van der Waals surface area contributed by atoms with E-state index in [9.17, 15) is 14.4 Å². The van der Waals surface area contributed by atoms with Gasteiger partial charge in [-0.1, -0.05) is 12.8 Å². The van der Waals surface area contributed by atoms with Crippen molar-refractivity contribution in [3.8, 4) is 0 Å². The van der Waals surface area contributed by atoms with Gasteiger partial charge < -0.3 is 11.5 Å². The number of hydrogen-bond acceptors (Lipinski definition) is 5. The average molecular weight is 226 g/mol. The van der Waals surface area contributed by atoms with Crippen LogP contribution in [-0.4, -0.2) is 30.4 Å². The van der Waals surface area contributed by atoms with E-state index in [0.717, 1.165) is 25.7 Å². The molecule has 0 aromatic rings. The third-order valence-corrected chi connectivity index (χ3v) is 3.05. The number of Topliss-reactive ketones (excluding diaryl/α,β-unsaturated/α-hetero) is 3. The minimum absolute atomic E-state index is 0.251. The molecule has 0 spiro atoms. The Kier molecular flexibility index (Phi) is 4.76. The topological polar surface area (TPSA) is 103 Å². The van der Waals surface area contributed by atoms with Gasteiger partial charge in [-0.2, -0.15) is 0 Å². The molecule has 0 aromatic heterocycles. The van der Waals surface area contributed by atoms with Crippen LogP contribution in [0.5, 0.6) is 0 Å². The predicted octanol–water partition coefficient (Wildman–Crippen LogP) is -0.583. The van der Waals surface area contributed by atoms with Gasteiger partial charge in [-0.15, -0.1) is 0 Å². The van der Waals surface area contributed by atoms with Crippen LogP contribution in [0.2, 0.25) is 0 Å². The lowest BCUT2D eigenvalue weighted by Gasteiger charge is -2.20. The molecule has 2 atom stereocenters. The molecule has 0 amide bonds. The van der Waals surface area contributed by atoms with E-state index in [-0.39, 0.29) is 11.8 Å². The first-order valence-corrected chi connectivity index (χ1v) is 5.66. The zero-order valence-corrected chi connectivity index (χ0v) is 9.28. The molecule has 0 radical (unpaired) electrons. The second kappa shape index (κ2) is 5.86. The summed E-state index contributed by atoms with van der Waals surface area (Å²) in [6, 6.07) is 0. The molecule has 5 heteroatoms. The van der Waals surface area contributed by atoms with E-state index in [2.05, 4.69) is 0 Å². The molecule has 0 saturated heterocycles. The summed E-state index contributed by atoms with van der Waals surface area (Å²) in [6.45, 7) is 1.19. The molecule has 2 aliphatic carbocycles. The third-order valence-electron chi connectivity index (χ3n) is 3.05. The van der Waals surface area contributed by atoms with Gasteiger partial charge in [0.1, 0.15) is 0 Å². The van der Waals surface area contributed by atoms with Gasteiger partial charge in [-0.05, 0) is 12.8 Å². The van der Waals surface area contributed by atoms with Crippen LogP contribution in [0.15, 0.2) is 0 Å². The van der Waals surface area contributed by atoms with Crippen molar-refractivity contribution >= 4 is 17.3 Å². The van der Waals surface area contributed by atoms with Gasteiger partial charge in [-0.3, -0.25) is 14.4 Å². The number of carbonyl (C=O) groups excluding carboxylic acids is 3. The van der Waals surface area contributed by atoms with E-state index in [0.29, 0.717) is 13.1 Å². The highest BCUT2D eigenvalue weighted by Gasteiger charge is 2.48. The molecular formula is C11H18N2O3. The monoisotopic (exact) mass is 226 g/mol. The first-order chi connectivity index (χ1) is 7.63. The van der Waals surface area contributed by atoms with Gasteiger partial charge in [0.2, 0.25) is 11.6 Å². The standard InChI is InChI=1S/C9H10O3.C2H8N2/c10-7-5-3-1-2-4-6(5)8(11)9(7)12;3-1-2-4/h5-6H,1-4H2;1-4H2. The molecule has 90 valence electrons. The molecular weight excluding hydrogens is 208 g/mol. The highest BCUT2D eigenvalue weighted by Crippen LogP contribution is 2.36. The molecule has 0 heterocycles. The molecule has 2 aliphatic rings. The second-order valence-corrected chi connectivity index (χ2v) is 4.13. The Morgan fingerprint density at radius 3 is 1.56 bits per heavy atom. The number of fused-ring (bicyclic) bond motifs is 1. The van der Waals surface area contributed by atoms with E-state index >= 15 is 0 Å². The van der Waals surface area contributed by atoms with Crippen molar-refractivity contribution in [3.63, 3.8) is 0 Å². The lowest BCUT2D eigenvalue weighted by Crippen LogP contribution is -2.21. The fraction of sp³-hybridized carbons (Fsp3) is 0.727. The van der Waals surface area contributed by atoms with Crippen molar-refractivity contribution in [2.75, 3.05) is 13.1 Å². The molecule has 0 aromatic carbocycles. The maximum Gasteiger partial charge on any atom is 0.264 e. The van der Waals surface area contributed by atoms with Crippen molar-refractivity contribution in [2.24, 2.45) is 23.3 Å². The Balaban J connectivity index is 0.000000280. The fourth-order valence-corrected chi connectivity index (χ4v) is 2.22. The number of nitrogens with two attached hydrogens (primary N) is 2. The molecule has 0 bridgehead atoms. The SMILES string of the molecule is NCCN.O=C1C(=O)C2CCCCC2C1=O. The van der Waals surface area contributed by atoms with Crippen LogP contribution in [0.3, 0.4) is 0 Å². The summed E-state index contributed by atoms with van der Waals surface area (Å²) in [5.41, 5.74) is 9.81. The highest BCUT2D eigenvalue weighted by molar-refractivity contribution is 6.68. The maximum absolute atomic E-state index is 11.2. The molecule has 2 unspecified atom stereocenters. The van der Waals surface area contributed by atoms with E-state index in [4.69, 9.17) is 11.5 Å². The summed E-state index contributed by atoms with van der Waals surface area (Å²) >= 11 is 0. The number of hydrogen-bond donors (Lipinski definition) is 2. The Labute approximate surface area is 94.5 Å². The quantitative estimate of drug-likeness (QED) is 0.582. The summed E-state index contributed by atoms with van der Waals surface area (Å²) in [7, 11) is 0. The summed E-state index contributed by atoms with van der Waals surface area (Å²) in [5, 5.41) is 0. The van der Waals surface area contributed by atoms with Crippen molar-refractivity contribution < 1.29 is 14.4 Å². The van der Waals surface area contributed by atoms with E-state index in [1.54, 1.807) is 0 Å². The lowest BCUT2D eigenvalue weighted by atomic mass is 9.81. The maximum atomic E-state index is 11.2. The van der Waals surface area contributed by atoms with Crippen LogP contribution >= 0.6 is 0 Å². The summed E-state index contributed by atoms with van der Waals surface area (Å²) < 4.78 is 0. The smallest absolute Gasteiger partial charge is 0.264 e. The first kappa shape index (κ1) is 13.0. The van der Waals surface area contributed by atoms with Gasteiger partial charge in [-0.25, -0.2) is 0 Å². The first-order valence-electron chi connectivity index (χ1n) is 5.66. The van der Waals surface area contributed by atoms with Crippen LogP contribution < -0.4 is 11.5 Å². The Morgan fingerprint density at radius 1 is 0.875 bits per heavy atom. The highest BCUT2D eigenvalue weighted by atomic mass is 16.2. The molecule has 2 rings (SSSR count). The lowest BCUT2D eigenvalue weighted by molar-refractivity contribution is -0.141. The third kappa shape index (κ3) is 2.54. The summed E-state index contributed by atoms with van der Waals surface area (Å²) in [4.78, 5) is 33.3. The number of carbonyl (C=O) groups is 3. The molecule has 5 nitrogen and oxygen atoms in total. The largest absolute Gasteiger partial charge is 0.329 e. The van der Waals surface area contributed by atoms with Crippen LogP contribution in [0.1, 0.15) is 25.7 Å². The normalized spacial score (nSPS) is 28.5. The Morgan fingerprint density at radius 2 is 1.25 bits per heavy atom. The summed E-state index contributed by atoms with van der Waals surface area (Å²) in [6.07, 6.45) is 3.43. The minimum atomic E-state index is -0.744. The van der Waals surface area contributed by atoms with Gasteiger partial charge >= 0.3 is 0 Å². The average Bonchev–Trinajstić information content (AvgIpc) is 2.56. The van der Waals surface area contributed by atoms with Gasteiger partial charge in [0.25, 0.3) is 5.78 Å². The van der Waals surface area contributed by atoms with E-state index < -0.39 is 17.3 Å². The van der Waals surface area contributed by atoms with Crippen molar-refractivity contribution in [1.29, 1.82) is 0 Å². The van der Waals surface area contributed by atoms with Crippen molar-refractivity contribution in [3.05, 3.63) is 0 Å². The predicted molar refractivity (Wildman–Crippen MR) is 58.6 cm³/mol. The minimum Gasteiger partial charge on any atom is -0.329 e. The van der Waals surface area contributed by atoms with Crippen LogP contribution in [0.4, 0.5) is 0 Å². The van der Waals surface area contributed by atoms with E-state index in [1.807, 2.05) is 0 Å². The summed E-state index contributed by atoms with van der Waals surface area (Å²) in [5.74, 6) is -2.10. The molecule has 4 N–H and O–H groups in total. The fourth-order valence-electron chi connectivity index (χ4n) is 2.22. The Hall–Kier alpha value is -1.07. The van der Waals surface area contributed by atoms with Crippen LogP contribution in [0, 0.1) is 11.8 Å². The molecule has 0 aliphatic heterocycles. The van der Waals surface area contributed by atoms with Gasteiger partial charge in [0, 0.05) is 24.9 Å². The van der Waals surface area contributed by atoms with Gasteiger partial charge in [0.05, 0.1) is 0 Å². The zero-order valence-electron chi connectivity index (χ0n) is 9.28. The van der Waals surface area contributed by atoms with Gasteiger partial charge in [0.15, 0.2) is 0 Å². The van der Waals surface area contributed by atoms with Crippen molar-refractivity contribution in [1.82, 2.24) is 0 Å². The zero-order chi connectivity index (χ0) is 12.1. The van der Waals surface area contributed by atoms with Crippen LogP contribution in [0.25, 0.3) is 0 Å². The number of ketones is 3. The molecule has 16 heavy (non-hydrogen) atoms. The number of rotatable bonds is 1. The molecule has 2 fully saturated rings.